The molecule has 0 amide bonds. The highest BCUT2D eigenvalue weighted by Crippen LogP contribution is 3.25. The Bertz CT molecular complexity index is 581. The minimum Gasteiger partial charge on any atom is -0.0582 e. The van der Waals surface area contributed by atoms with Crippen LogP contribution in [0.4, 0.5) is 0 Å². The molecule has 11 unspecified atom stereocenters. The maximum absolute atomic E-state index is 2.77. The molecule has 8 aliphatic rings. The SMILES string of the molecule is CC12C3C4C5CCC6C5C41C61C4CCC34C21C. The maximum atomic E-state index is 2.77. The molecule has 11 atom stereocenters. The molecule has 0 heterocycles. The van der Waals surface area contributed by atoms with Gasteiger partial charge in [0.2, 0.25) is 0 Å². The fourth-order valence-electron chi connectivity index (χ4n) is 12.8. The predicted octanol–water partition coefficient (Wildman–Crippen LogP) is 3.32. The number of fused-ring (bicyclic) bond motifs is 2. The van der Waals surface area contributed by atoms with Gasteiger partial charge in [-0.1, -0.05) is 13.8 Å². The summed E-state index contributed by atoms with van der Waals surface area (Å²) in [4.78, 5) is 0. The van der Waals surface area contributed by atoms with E-state index in [2.05, 4.69) is 13.8 Å². The lowest BCUT2D eigenvalue weighted by atomic mass is 8.79. The van der Waals surface area contributed by atoms with Gasteiger partial charge in [-0.2, -0.15) is 0 Å². The van der Waals surface area contributed by atoms with Crippen molar-refractivity contribution in [2.24, 2.45) is 62.6 Å². The molecule has 0 aliphatic heterocycles. The molecule has 8 saturated carbocycles. The monoisotopic (exact) mass is 224 g/mol. The van der Waals surface area contributed by atoms with E-state index in [0.717, 1.165) is 27.1 Å². The van der Waals surface area contributed by atoms with E-state index in [9.17, 15) is 0 Å². The molecule has 0 N–H and O–H groups in total. The molecule has 0 saturated heterocycles. The number of hydrogen-bond acceptors (Lipinski definition) is 0. The van der Waals surface area contributed by atoms with Crippen molar-refractivity contribution in [2.45, 2.75) is 39.5 Å². The second-order valence-corrected chi connectivity index (χ2v) is 9.57. The van der Waals surface area contributed by atoms with Crippen molar-refractivity contribution in [3.63, 3.8) is 0 Å². The lowest BCUT2D eigenvalue weighted by Crippen LogP contribution is -3.21. The molecule has 0 aromatic carbocycles. The lowest BCUT2D eigenvalue weighted by molar-refractivity contribution is -0.780. The first-order valence-corrected chi connectivity index (χ1v) is 8.18. The second kappa shape index (κ2) is 1.33. The minimum atomic E-state index is 0.869. The van der Waals surface area contributed by atoms with Gasteiger partial charge in [-0.25, -0.2) is 0 Å². The summed E-state index contributed by atoms with van der Waals surface area (Å²) in [6, 6.07) is 0. The molecule has 88 valence electrons. The Hall–Kier alpha value is 0. The normalized spacial score (nSPS) is 101. The molecular weight excluding hydrogens is 204 g/mol. The summed E-state index contributed by atoms with van der Waals surface area (Å²) in [6.07, 6.45) is 6.59. The van der Waals surface area contributed by atoms with E-state index in [-0.39, 0.29) is 0 Å². The van der Waals surface area contributed by atoms with Gasteiger partial charge in [-0.05, 0) is 88.3 Å². The molecule has 3 spiro atoms. The molecule has 8 aliphatic carbocycles. The molecule has 17 heavy (non-hydrogen) atoms. The molecule has 8 rings (SSSR count). The third-order valence-corrected chi connectivity index (χ3v) is 11.7. The summed E-state index contributed by atoms with van der Waals surface area (Å²) in [5.74, 6) is 7.51. The van der Waals surface area contributed by atoms with Crippen molar-refractivity contribution in [1.29, 1.82) is 0 Å². The van der Waals surface area contributed by atoms with Gasteiger partial charge in [0.15, 0.2) is 0 Å². The van der Waals surface area contributed by atoms with Crippen molar-refractivity contribution in [3.05, 3.63) is 0 Å². The Morgan fingerprint density at radius 1 is 0.941 bits per heavy atom. The number of hydrogen-bond donors (Lipinski definition) is 0. The summed E-state index contributed by atoms with van der Waals surface area (Å²) in [7, 11) is 0. The topological polar surface area (TPSA) is 0 Å². The van der Waals surface area contributed by atoms with Crippen LogP contribution in [0, 0.1) is 62.6 Å². The Balaban J connectivity index is 1.59. The van der Waals surface area contributed by atoms with Gasteiger partial charge < -0.3 is 0 Å². The smallest absolute Gasteiger partial charge is 0.00994 e. The summed E-state index contributed by atoms with van der Waals surface area (Å²) in [5.41, 5.74) is 4.64. The van der Waals surface area contributed by atoms with E-state index in [1.54, 1.807) is 25.7 Å². The second-order valence-electron chi connectivity index (χ2n) is 9.57. The summed E-state index contributed by atoms with van der Waals surface area (Å²) in [5, 5.41) is 0. The third-order valence-electron chi connectivity index (χ3n) is 11.7. The van der Waals surface area contributed by atoms with Gasteiger partial charge in [-0.15, -0.1) is 0 Å². The van der Waals surface area contributed by atoms with Crippen LogP contribution >= 0.6 is 0 Å². The standard InChI is InChI=1S/C17H20/c1-13-12-11-7-3-4-8-10(7)17(11,13)16(8)9-5-6-15(9,12)14(13,16)2/h7-12H,3-6H2,1-2H3. The summed E-state index contributed by atoms with van der Waals surface area (Å²) >= 11 is 0. The minimum absolute atomic E-state index is 0.869. The van der Waals surface area contributed by atoms with Crippen molar-refractivity contribution < 1.29 is 0 Å². The highest BCUT2D eigenvalue weighted by atomic mass is 15.3. The van der Waals surface area contributed by atoms with E-state index in [1.165, 1.54) is 35.5 Å². The molecule has 0 aromatic heterocycles. The highest BCUT2D eigenvalue weighted by molar-refractivity contribution is 5.68. The summed E-state index contributed by atoms with van der Waals surface area (Å²) < 4.78 is 0. The highest BCUT2D eigenvalue weighted by Gasteiger charge is 3.22. The van der Waals surface area contributed by atoms with Crippen LogP contribution in [-0.4, -0.2) is 0 Å². The first-order chi connectivity index (χ1) is 8.18. The first-order valence-electron chi connectivity index (χ1n) is 8.18. The van der Waals surface area contributed by atoms with Crippen LogP contribution < -0.4 is 0 Å². The Labute approximate surface area is 103 Å². The first kappa shape index (κ1) is 7.56. The fraction of sp³-hybridized carbons (Fsp3) is 1.00. The van der Waals surface area contributed by atoms with Crippen molar-refractivity contribution in [2.75, 3.05) is 0 Å². The fourth-order valence-corrected chi connectivity index (χ4v) is 12.8. The van der Waals surface area contributed by atoms with E-state index in [4.69, 9.17) is 0 Å². The van der Waals surface area contributed by atoms with Crippen molar-refractivity contribution >= 4 is 0 Å². The molecule has 0 heteroatoms. The van der Waals surface area contributed by atoms with Crippen LogP contribution in [-0.2, 0) is 0 Å². The van der Waals surface area contributed by atoms with Gasteiger partial charge in [0.25, 0.3) is 0 Å². The predicted molar refractivity (Wildman–Crippen MR) is 62.9 cm³/mol. The molecule has 0 nitrogen and oxygen atoms in total. The molecule has 0 aromatic rings. The van der Waals surface area contributed by atoms with E-state index < -0.39 is 0 Å². The molecular formula is C17H20. The van der Waals surface area contributed by atoms with Crippen molar-refractivity contribution in [1.82, 2.24) is 0 Å². The average molecular weight is 224 g/mol. The van der Waals surface area contributed by atoms with Crippen LogP contribution in [0.5, 0.6) is 0 Å². The van der Waals surface area contributed by atoms with E-state index in [0.29, 0.717) is 0 Å². The largest absolute Gasteiger partial charge is 0.0582 e. The number of rotatable bonds is 0. The zero-order chi connectivity index (χ0) is 10.8. The van der Waals surface area contributed by atoms with Gasteiger partial charge in [-0.3, -0.25) is 0 Å². The van der Waals surface area contributed by atoms with Crippen LogP contribution in [0.25, 0.3) is 0 Å². The molecule has 8 fully saturated rings. The quantitative estimate of drug-likeness (QED) is 0.592. The third kappa shape index (κ3) is 0.241. The van der Waals surface area contributed by atoms with Crippen LogP contribution in [0.1, 0.15) is 39.5 Å². The van der Waals surface area contributed by atoms with E-state index in [1.807, 2.05) is 0 Å². The van der Waals surface area contributed by atoms with Gasteiger partial charge in [0.1, 0.15) is 0 Å². The van der Waals surface area contributed by atoms with E-state index >= 15 is 0 Å². The van der Waals surface area contributed by atoms with Crippen molar-refractivity contribution in [3.8, 4) is 0 Å². The lowest BCUT2D eigenvalue weighted by Gasteiger charge is -3.24. The average Bonchev–Trinajstić information content (AvgIpc) is 2.55. The zero-order valence-corrected chi connectivity index (χ0v) is 10.8. The Morgan fingerprint density at radius 2 is 1.82 bits per heavy atom. The summed E-state index contributed by atoms with van der Waals surface area (Å²) in [6.45, 7) is 5.51. The molecule has 0 bridgehead atoms. The van der Waals surface area contributed by atoms with Crippen LogP contribution in [0.3, 0.4) is 0 Å². The van der Waals surface area contributed by atoms with Gasteiger partial charge >= 0.3 is 0 Å². The van der Waals surface area contributed by atoms with Gasteiger partial charge in [0.05, 0.1) is 0 Å². The molecule has 0 radical (unpaired) electrons. The Kier molecular flexibility index (Phi) is 0.592. The van der Waals surface area contributed by atoms with Crippen LogP contribution in [0.2, 0.25) is 0 Å². The van der Waals surface area contributed by atoms with Gasteiger partial charge in [0, 0.05) is 0 Å². The van der Waals surface area contributed by atoms with Crippen LogP contribution in [0.15, 0.2) is 0 Å². The Morgan fingerprint density at radius 3 is 2.59 bits per heavy atom. The zero-order valence-electron chi connectivity index (χ0n) is 10.8. The maximum Gasteiger partial charge on any atom is -0.00994 e.